The minimum absolute atomic E-state index is 0.417. The molecule has 2 N–H and O–H groups in total. The largest absolute Gasteiger partial charge is 0.357 e. The summed E-state index contributed by atoms with van der Waals surface area (Å²) in [6, 6.07) is 21.5. The summed E-state index contributed by atoms with van der Waals surface area (Å²) in [5.74, 6) is 0.851. The van der Waals surface area contributed by atoms with Gasteiger partial charge in [-0.2, -0.15) is 5.26 Å². The molecular formula is C24H31N5. The van der Waals surface area contributed by atoms with Crippen LogP contribution in [0.25, 0.3) is 0 Å². The molecule has 1 saturated heterocycles. The molecule has 2 aromatic rings. The van der Waals surface area contributed by atoms with Gasteiger partial charge in [0.05, 0.1) is 18.2 Å². The zero-order valence-corrected chi connectivity index (χ0v) is 17.4. The van der Waals surface area contributed by atoms with Gasteiger partial charge in [-0.05, 0) is 49.9 Å². The van der Waals surface area contributed by atoms with Crippen LogP contribution in [0, 0.1) is 11.3 Å². The van der Waals surface area contributed by atoms with Gasteiger partial charge in [-0.25, -0.2) is 4.99 Å². The Balaban J connectivity index is 1.56. The number of likely N-dealkylation sites (tertiary alicyclic amines) is 1. The van der Waals surface area contributed by atoms with Crippen molar-refractivity contribution in [1.29, 1.82) is 5.26 Å². The maximum Gasteiger partial charge on any atom is 0.191 e. The van der Waals surface area contributed by atoms with E-state index in [1.54, 1.807) is 0 Å². The summed E-state index contributed by atoms with van der Waals surface area (Å²) in [4.78, 5) is 7.30. The fourth-order valence-corrected chi connectivity index (χ4v) is 3.83. The average Bonchev–Trinajstić information content (AvgIpc) is 2.75. The van der Waals surface area contributed by atoms with Gasteiger partial charge in [0.1, 0.15) is 0 Å². The van der Waals surface area contributed by atoms with Gasteiger partial charge in [0.15, 0.2) is 5.96 Å². The van der Waals surface area contributed by atoms with Crippen molar-refractivity contribution in [2.75, 3.05) is 13.1 Å². The SMILES string of the molecule is CCNC(=NCc1cccc(C#N)c1)NC1CCN(Cc2ccccc2)C(C)C1. The summed E-state index contributed by atoms with van der Waals surface area (Å²) in [5.41, 5.74) is 3.10. The van der Waals surface area contributed by atoms with Crippen molar-refractivity contribution >= 4 is 5.96 Å². The number of hydrogen-bond acceptors (Lipinski definition) is 3. The van der Waals surface area contributed by atoms with E-state index in [4.69, 9.17) is 10.3 Å². The van der Waals surface area contributed by atoms with Gasteiger partial charge in [-0.3, -0.25) is 4.90 Å². The number of benzene rings is 2. The molecule has 5 heteroatoms. The third-order valence-electron chi connectivity index (χ3n) is 5.40. The minimum Gasteiger partial charge on any atom is -0.357 e. The number of rotatable bonds is 6. The molecule has 1 heterocycles. The first-order chi connectivity index (χ1) is 14.2. The van der Waals surface area contributed by atoms with E-state index in [1.165, 1.54) is 5.56 Å². The first-order valence-electron chi connectivity index (χ1n) is 10.5. The number of nitriles is 1. The van der Waals surface area contributed by atoms with Gasteiger partial charge in [0, 0.05) is 31.7 Å². The standard InChI is InChI=1S/C24H31N5/c1-3-26-24(27-17-22-11-7-10-21(15-22)16-25)28-23-12-13-29(19(2)14-23)18-20-8-5-4-6-9-20/h4-11,15,19,23H,3,12-14,17-18H2,1-2H3,(H2,26,27,28). The topological polar surface area (TPSA) is 63.5 Å². The van der Waals surface area contributed by atoms with Crippen molar-refractivity contribution < 1.29 is 0 Å². The van der Waals surface area contributed by atoms with Crippen molar-refractivity contribution in [1.82, 2.24) is 15.5 Å². The van der Waals surface area contributed by atoms with Gasteiger partial charge in [-0.15, -0.1) is 0 Å². The minimum atomic E-state index is 0.417. The lowest BCUT2D eigenvalue weighted by atomic mass is 9.97. The van der Waals surface area contributed by atoms with E-state index in [1.807, 2.05) is 24.3 Å². The monoisotopic (exact) mass is 389 g/mol. The number of hydrogen-bond donors (Lipinski definition) is 2. The molecule has 2 atom stereocenters. The second-order valence-corrected chi connectivity index (χ2v) is 7.68. The van der Waals surface area contributed by atoms with Gasteiger partial charge < -0.3 is 10.6 Å². The highest BCUT2D eigenvalue weighted by Gasteiger charge is 2.25. The zero-order chi connectivity index (χ0) is 20.5. The maximum absolute atomic E-state index is 9.06. The highest BCUT2D eigenvalue weighted by atomic mass is 15.2. The average molecular weight is 390 g/mol. The predicted octanol–water partition coefficient (Wildman–Crippen LogP) is 3.67. The molecule has 5 nitrogen and oxygen atoms in total. The number of nitrogens with zero attached hydrogens (tertiary/aromatic N) is 3. The fourth-order valence-electron chi connectivity index (χ4n) is 3.83. The summed E-state index contributed by atoms with van der Waals surface area (Å²) in [6.07, 6.45) is 2.20. The Morgan fingerprint density at radius 2 is 1.97 bits per heavy atom. The summed E-state index contributed by atoms with van der Waals surface area (Å²) < 4.78 is 0. The molecule has 3 rings (SSSR count). The van der Waals surface area contributed by atoms with Crippen molar-refractivity contribution in [3.05, 3.63) is 71.3 Å². The van der Waals surface area contributed by atoms with Crippen molar-refractivity contribution in [3.8, 4) is 6.07 Å². The maximum atomic E-state index is 9.06. The molecular weight excluding hydrogens is 358 g/mol. The molecule has 2 aromatic carbocycles. The van der Waals surface area contributed by atoms with Crippen LogP contribution >= 0.6 is 0 Å². The first kappa shape index (κ1) is 20.9. The highest BCUT2D eigenvalue weighted by Crippen LogP contribution is 2.20. The Morgan fingerprint density at radius 3 is 2.69 bits per heavy atom. The predicted molar refractivity (Wildman–Crippen MR) is 118 cm³/mol. The molecule has 29 heavy (non-hydrogen) atoms. The Bertz CT molecular complexity index is 840. The van der Waals surface area contributed by atoms with E-state index >= 15 is 0 Å². The molecule has 0 spiro atoms. The third kappa shape index (κ3) is 6.33. The van der Waals surface area contributed by atoms with Crippen LogP contribution < -0.4 is 10.6 Å². The molecule has 0 amide bonds. The van der Waals surface area contributed by atoms with Crippen LogP contribution in [0.1, 0.15) is 43.4 Å². The first-order valence-corrected chi connectivity index (χ1v) is 10.5. The van der Waals surface area contributed by atoms with Crippen LogP contribution in [-0.4, -0.2) is 36.0 Å². The highest BCUT2D eigenvalue weighted by molar-refractivity contribution is 5.80. The molecule has 1 aliphatic rings. The molecule has 152 valence electrons. The van der Waals surface area contributed by atoms with Crippen LogP contribution in [0.2, 0.25) is 0 Å². The number of nitrogens with one attached hydrogen (secondary N) is 2. The molecule has 0 aliphatic carbocycles. The number of aliphatic imine (C=N–C) groups is 1. The van der Waals surface area contributed by atoms with Crippen molar-refractivity contribution in [3.63, 3.8) is 0 Å². The van der Waals surface area contributed by atoms with Gasteiger partial charge in [0.2, 0.25) is 0 Å². The summed E-state index contributed by atoms with van der Waals surface area (Å²) in [6.45, 7) is 7.88. The molecule has 0 radical (unpaired) electrons. The summed E-state index contributed by atoms with van der Waals surface area (Å²) >= 11 is 0. The van der Waals surface area contributed by atoms with Gasteiger partial charge >= 0.3 is 0 Å². The molecule has 1 aliphatic heterocycles. The molecule has 1 fully saturated rings. The van der Waals surface area contributed by atoms with Crippen molar-refractivity contribution in [2.24, 2.45) is 4.99 Å². The van der Waals surface area contributed by atoms with Gasteiger partial charge in [0.25, 0.3) is 0 Å². The van der Waals surface area contributed by atoms with Crippen LogP contribution in [0.3, 0.4) is 0 Å². The van der Waals surface area contributed by atoms with E-state index in [0.29, 0.717) is 24.2 Å². The van der Waals surface area contributed by atoms with Crippen LogP contribution in [0.5, 0.6) is 0 Å². The van der Waals surface area contributed by atoms with Crippen LogP contribution in [0.4, 0.5) is 0 Å². The second-order valence-electron chi connectivity index (χ2n) is 7.68. The van der Waals surface area contributed by atoms with E-state index in [0.717, 1.165) is 44.0 Å². The second kappa shape index (κ2) is 10.6. The van der Waals surface area contributed by atoms with Gasteiger partial charge in [-0.1, -0.05) is 42.5 Å². The fraction of sp³-hybridized carbons (Fsp3) is 0.417. The third-order valence-corrected chi connectivity index (χ3v) is 5.40. The van der Waals surface area contributed by atoms with E-state index in [2.05, 4.69) is 65.8 Å². The Labute approximate surface area is 174 Å². The summed E-state index contributed by atoms with van der Waals surface area (Å²) in [7, 11) is 0. The molecule has 0 aromatic heterocycles. The van der Waals surface area contributed by atoms with E-state index < -0.39 is 0 Å². The van der Waals surface area contributed by atoms with E-state index in [9.17, 15) is 0 Å². The van der Waals surface area contributed by atoms with E-state index in [-0.39, 0.29) is 0 Å². The lowest BCUT2D eigenvalue weighted by Crippen LogP contribution is -2.51. The lowest BCUT2D eigenvalue weighted by Gasteiger charge is -2.38. The van der Waals surface area contributed by atoms with Crippen LogP contribution in [-0.2, 0) is 13.1 Å². The smallest absolute Gasteiger partial charge is 0.191 e. The molecule has 2 unspecified atom stereocenters. The Hall–Kier alpha value is -2.84. The quantitative estimate of drug-likeness (QED) is 0.585. The number of piperidine rings is 1. The van der Waals surface area contributed by atoms with Crippen LogP contribution in [0.15, 0.2) is 59.6 Å². The Kier molecular flexibility index (Phi) is 7.66. The normalized spacial score (nSPS) is 20.1. The molecule has 0 bridgehead atoms. The Morgan fingerprint density at radius 1 is 1.17 bits per heavy atom. The lowest BCUT2D eigenvalue weighted by molar-refractivity contribution is 0.134. The summed E-state index contributed by atoms with van der Waals surface area (Å²) in [5, 5.41) is 16.0. The number of guanidine groups is 1. The van der Waals surface area contributed by atoms with Crippen molar-refractivity contribution in [2.45, 2.75) is 51.9 Å². The molecule has 0 saturated carbocycles. The zero-order valence-electron chi connectivity index (χ0n) is 17.4.